The van der Waals surface area contributed by atoms with E-state index >= 15 is 0 Å². The molecule has 0 aliphatic rings. The van der Waals surface area contributed by atoms with Gasteiger partial charge in [-0.05, 0) is 24.7 Å². The van der Waals surface area contributed by atoms with Crippen LogP contribution in [-0.4, -0.2) is 30.2 Å². The molecule has 0 aromatic carbocycles. The van der Waals surface area contributed by atoms with Crippen molar-refractivity contribution in [3.8, 4) is 0 Å². The predicted molar refractivity (Wildman–Crippen MR) is 88.6 cm³/mol. The summed E-state index contributed by atoms with van der Waals surface area (Å²) in [6, 6.07) is 1.96. The molecule has 0 bridgehead atoms. The van der Waals surface area contributed by atoms with E-state index in [4.69, 9.17) is 4.74 Å². The molecule has 120 valence electrons. The van der Waals surface area contributed by atoms with Crippen LogP contribution in [0.5, 0.6) is 0 Å². The molecular formula is C16H30N4O. The lowest BCUT2D eigenvalue weighted by atomic mass is 9.85. The first-order valence-corrected chi connectivity index (χ1v) is 7.82. The van der Waals surface area contributed by atoms with E-state index < -0.39 is 0 Å². The minimum absolute atomic E-state index is 0.422. The fourth-order valence-corrected chi connectivity index (χ4v) is 2.52. The summed E-state index contributed by atoms with van der Waals surface area (Å²) in [4.78, 5) is 8.93. The second-order valence-electron chi connectivity index (χ2n) is 6.05. The quantitative estimate of drug-likeness (QED) is 0.731. The van der Waals surface area contributed by atoms with Gasteiger partial charge in [0.1, 0.15) is 18.2 Å². The molecule has 0 saturated carbocycles. The summed E-state index contributed by atoms with van der Waals surface area (Å²) in [5.41, 5.74) is 0. The Hall–Kier alpha value is -1.36. The molecule has 5 nitrogen and oxygen atoms in total. The Balaban J connectivity index is 2.80. The molecule has 0 aliphatic heterocycles. The van der Waals surface area contributed by atoms with Crippen LogP contribution in [0.4, 0.5) is 11.6 Å². The van der Waals surface area contributed by atoms with Crippen molar-refractivity contribution >= 4 is 11.6 Å². The zero-order chi connectivity index (χ0) is 15.8. The highest BCUT2D eigenvalue weighted by Gasteiger charge is 2.17. The number of hydrogen-bond donors (Lipinski definition) is 2. The molecule has 1 rings (SSSR count). The van der Waals surface area contributed by atoms with Crippen LogP contribution in [0.1, 0.15) is 40.4 Å². The molecule has 2 N–H and O–H groups in total. The third kappa shape index (κ3) is 5.87. The fraction of sp³-hybridized carbons (Fsp3) is 0.750. The smallest absolute Gasteiger partial charge is 0.158 e. The van der Waals surface area contributed by atoms with Crippen molar-refractivity contribution in [2.75, 3.05) is 30.8 Å². The van der Waals surface area contributed by atoms with Gasteiger partial charge >= 0.3 is 0 Å². The van der Waals surface area contributed by atoms with E-state index in [2.05, 4.69) is 55.2 Å². The van der Waals surface area contributed by atoms with E-state index in [0.29, 0.717) is 30.2 Å². The van der Waals surface area contributed by atoms with Gasteiger partial charge in [0.05, 0.1) is 0 Å². The summed E-state index contributed by atoms with van der Waals surface area (Å²) in [5, 5.41) is 6.69. The van der Waals surface area contributed by atoms with Crippen molar-refractivity contribution in [1.29, 1.82) is 0 Å². The largest absolute Gasteiger partial charge is 0.377 e. The molecule has 1 aromatic rings. The molecule has 21 heavy (non-hydrogen) atoms. The highest BCUT2D eigenvalue weighted by molar-refractivity contribution is 5.47. The zero-order valence-electron chi connectivity index (χ0n) is 14.2. The van der Waals surface area contributed by atoms with E-state index in [9.17, 15) is 0 Å². The van der Waals surface area contributed by atoms with Crippen molar-refractivity contribution in [2.45, 2.75) is 41.2 Å². The molecule has 0 amide bonds. The summed E-state index contributed by atoms with van der Waals surface area (Å²) in [6.45, 7) is 13.3. The summed E-state index contributed by atoms with van der Waals surface area (Å²) < 4.78 is 5.14. The molecule has 0 aliphatic carbocycles. The fourth-order valence-electron chi connectivity index (χ4n) is 2.52. The number of nitrogens with zero attached hydrogens (tertiary/aromatic N) is 2. The Labute approximate surface area is 128 Å². The maximum atomic E-state index is 5.14. The average molecular weight is 294 g/mol. The van der Waals surface area contributed by atoms with Gasteiger partial charge in [-0.1, -0.05) is 27.7 Å². The maximum absolute atomic E-state index is 5.14. The number of aromatic nitrogens is 2. The first-order chi connectivity index (χ1) is 9.97. The van der Waals surface area contributed by atoms with Crippen molar-refractivity contribution in [1.82, 2.24) is 9.97 Å². The van der Waals surface area contributed by atoms with Gasteiger partial charge in [-0.3, -0.25) is 0 Å². The van der Waals surface area contributed by atoms with Crippen LogP contribution in [0.3, 0.4) is 0 Å². The van der Waals surface area contributed by atoms with Gasteiger partial charge < -0.3 is 15.4 Å². The lowest BCUT2D eigenvalue weighted by Crippen LogP contribution is -2.25. The zero-order valence-corrected chi connectivity index (χ0v) is 14.2. The third-order valence-electron chi connectivity index (χ3n) is 3.64. The van der Waals surface area contributed by atoms with Crippen molar-refractivity contribution in [3.05, 3.63) is 11.9 Å². The molecule has 0 atom stereocenters. The van der Waals surface area contributed by atoms with E-state index in [1.54, 1.807) is 7.11 Å². The second-order valence-corrected chi connectivity index (χ2v) is 6.05. The molecule has 1 aromatic heterocycles. The van der Waals surface area contributed by atoms with Crippen LogP contribution < -0.4 is 10.6 Å². The first-order valence-electron chi connectivity index (χ1n) is 7.82. The number of hydrogen-bond acceptors (Lipinski definition) is 5. The molecule has 0 unspecified atom stereocenters. The van der Waals surface area contributed by atoms with E-state index in [1.165, 1.54) is 0 Å². The summed E-state index contributed by atoms with van der Waals surface area (Å²) in [6.07, 6.45) is 0. The van der Waals surface area contributed by atoms with E-state index in [1.807, 2.05) is 6.07 Å². The predicted octanol–water partition coefficient (Wildman–Crippen LogP) is 3.39. The number of rotatable bonds is 9. The van der Waals surface area contributed by atoms with Crippen LogP contribution in [-0.2, 0) is 11.3 Å². The van der Waals surface area contributed by atoms with Gasteiger partial charge in [0.2, 0.25) is 0 Å². The highest BCUT2D eigenvalue weighted by atomic mass is 16.5. The summed E-state index contributed by atoms with van der Waals surface area (Å²) >= 11 is 0. The Bertz CT molecular complexity index is 388. The minimum Gasteiger partial charge on any atom is -0.377 e. The van der Waals surface area contributed by atoms with Crippen LogP contribution in [0.2, 0.25) is 0 Å². The van der Waals surface area contributed by atoms with Crippen molar-refractivity contribution in [3.63, 3.8) is 0 Å². The van der Waals surface area contributed by atoms with Gasteiger partial charge in [0, 0.05) is 26.3 Å². The molecule has 0 fully saturated rings. The SMILES string of the molecule is CCNc1cc(NCC(C(C)C)C(C)C)nc(COC)n1. The van der Waals surface area contributed by atoms with Gasteiger partial charge in [0.15, 0.2) is 5.82 Å². The van der Waals surface area contributed by atoms with Crippen LogP contribution in [0, 0.1) is 17.8 Å². The van der Waals surface area contributed by atoms with Crippen LogP contribution in [0.15, 0.2) is 6.07 Å². The standard InChI is InChI=1S/C16H30N4O/c1-7-17-14-8-15(20-16(19-14)10-21-6)18-9-13(11(2)3)12(4)5/h8,11-13H,7,9-10H2,1-6H3,(H2,17,18,19,20). The first kappa shape index (κ1) is 17.7. The summed E-state index contributed by atoms with van der Waals surface area (Å²) in [7, 11) is 1.66. The Morgan fingerprint density at radius 3 is 2.10 bits per heavy atom. The molecule has 0 radical (unpaired) electrons. The molecule has 1 heterocycles. The molecule has 0 spiro atoms. The Kier molecular flexibility index (Phi) is 7.43. The molecular weight excluding hydrogens is 264 g/mol. The van der Waals surface area contributed by atoms with Crippen LogP contribution in [0.25, 0.3) is 0 Å². The Morgan fingerprint density at radius 2 is 1.62 bits per heavy atom. The number of methoxy groups -OCH3 is 1. The van der Waals surface area contributed by atoms with Crippen molar-refractivity contribution in [2.24, 2.45) is 17.8 Å². The van der Waals surface area contributed by atoms with Gasteiger partial charge in [0.25, 0.3) is 0 Å². The van der Waals surface area contributed by atoms with E-state index in [0.717, 1.165) is 24.7 Å². The van der Waals surface area contributed by atoms with Gasteiger partial charge in [-0.15, -0.1) is 0 Å². The molecule has 0 saturated heterocycles. The maximum Gasteiger partial charge on any atom is 0.158 e. The van der Waals surface area contributed by atoms with Crippen molar-refractivity contribution < 1.29 is 4.74 Å². The van der Waals surface area contributed by atoms with Gasteiger partial charge in [-0.2, -0.15) is 0 Å². The normalized spacial score (nSPS) is 11.5. The summed E-state index contributed by atoms with van der Waals surface area (Å²) in [5.74, 6) is 4.31. The number of nitrogens with one attached hydrogen (secondary N) is 2. The van der Waals surface area contributed by atoms with Crippen LogP contribution >= 0.6 is 0 Å². The van der Waals surface area contributed by atoms with Gasteiger partial charge in [-0.25, -0.2) is 9.97 Å². The lowest BCUT2D eigenvalue weighted by molar-refractivity contribution is 0.178. The topological polar surface area (TPSA) is 59.1 Å². The minimum atomic E-state index is 0.422. The highest BCUT2D eigenvalue weighted by Crippen LogP contribution is 2.21. The Morgan fingerprint density at radius 1 is 1.05 bits per heavy atom. The molecule has 5 heteroatoms. The monoisotopic (exact) mass is 294 g/mol. The lowest BCUT2D eigenvalue weighted by Gasteiger charge is -2.25. The third-order valence-corrected chi connectivity index (χ3v) is 3.64. The number of anilines is 2. The second kappa shape index (κ2) is 8.82. The van der Waals surface area contributed by atoms with E-state index in [-0.39, 0.29) is 0 Å². The number of ether oxygens (including phenoxy) is 1. The average Bonchev–Trinajstić information content (AvgIpc) is 2.38.